The van der Waals surface area contributed by atoms with Crippen molar-refractivity contribution >= 4 is 28.9 Å². The smallest absolute Gasteiger partial charge is 0.348 e. The summed E-state index contributed by atoms with van der Waals surface area (Å²) in [5, 5.41) is 2.23. The molecule has 0 bridgehead atoms. The molecule has 0 aliphatic carbocycles. The topological polar surface area (TPSA) is 26.3 Å². The van der Waals surface area contributed by atoms with Crippen LogP contribution in [0.4, 0.5) is 4.39 Å². The van der Waals surface area contributed by atoms with Crippen LogP contribution in [0, 0.1) is 12.7 Å². The van der Waals surface area contributed by atoms with E-state index in [0.717, 1.165) is 5.56 Å². The minimum atomic E-state index is -0.441. The Labute approximate surface area is 113 Å². The summed E-state index contributed by atoms with van der Waals surface area (Å²) >= 11 is 7.33. The average molecular weight is 285 g/mol. The Hall–Kier alpha value is -1.39. The summed E-state index contributed by atoms with van der Waals surface area (Å²) < 4.78 is 18.0. The molecule has 1 heterocycles. The van der Waals surface area contributed by atoms with Crippen LogP contribution in [0.15, 0.2) is 23.6 Å². The third kappa shape index (κ3) is 2.26. The van der Waals surface area contributed by atoms with Crippen LogP contribution >= 0.6 is 22.9 Å². The lowest BCUT2D eigenvalue weighted by Crippen LogP contribution is -2.00. The Morgan fingerprint density at radius 1 is 1.44 bits per heavy atom. The van der Waals surface area contributed by atoms with Gasteiger partial charge in [0.1, 0.15) is 10.7 Å². The molecular weight excluding hydrogens is 275 g/mol. The van der Waals surface area contributed by atoms with Crippen molar-refractivity contribution in [3.63, 3.8) is 0 Å². The van der Waals surface area contributed by atoms with Crippen molar-refractivity contribution in [1.82, 2.24) is 0 Å². The number of rotatable bonds is 2. The standard InChI is InChI=1S/C13H10ClFO2S/c1-7-6-18-12(13(16)17-2)11(7)9-5-8(15)3-4-10(9)14/h3-6H,1-2H3. The Morgan fingerprint density at radius 2 is 2.17 bits per heavy atom. The number of thiophene rings is 1. The number of methoxy groups -OCH3 is 1. The van der Waals surface area contributed by atoms with Gasteiger partial charge < -0.3 is 4.74 Å². The number of carbonyl (C=O) groups is 1. The van der Waals surface area contributed by atoms with Gasteiger partial charge in [0.15, 0.2) is 0 Å². The number of esters is 1. The molecule has 2 nitrogen and oxygen atoms in total. The van der Waals surface area contributed by atoms with E-state index in [1.54, 1.807) is 0 Å². The molecule has 0 radical (unpaired) electrons. The van der Waals surface area contributed by atoms with E-state index >= 15 is 0 Å². The van der Waals surface area contributed by atoms with Crippen LogP contribution < -0.4 is 0 Å². The van der Waals surface area contributed by atoms with E-state index in [4.69, 9.17) is 16.3 Å². The van der Waals surface area contributed by atoms with Gasteiger partial charge in [-0.05, 0) is 36.1 Å². The first-order valence-corrected chi connectivity index (χ1v) is 6.42. The predicted octanol–water partition coefficient (Wildman–Crippen LogP) is 4.30. The lowest BCUT2D eigenvalue weighted by atomic mass is 10.0. The van der Waals surface area contributed by atoms with Gasteiger partial charge in [-0.3, -0.25) is 0 Å². The molecule has 1 aromatic heterocycles. The molecule has 0 amide bonds. The fraction of sp³-hybridized carbons (Fsp3) is 0.154. The fourth-order valence-electron chi connectivity index (χ4n) is 1.71. The molecule has 1 aromatic carbocycles. The molecule has 0 saturated carbocycles. The highest BCUT2D eigenvalue weighted by Gasteiger charge is 2.20. The molecule has 0 aliphatic rings. The SMILES string of the molecule is COC(=O)c1scc(C)c1-c1cc(F)ccc1Cl. The van der Waals surface area contributed by atoms with Crippen molar-refractivity contribution in [1.29, 1.82) is 0 Å². The number of ether oxygens (including phenoxy) is 1. The monoisotopic (exact) mass is 284 g/mol. The number of hydrogen-bond donors (Lipinski definition) is 0. The second-order valence-electron chi connectivity index (χ2n) is 3.74. The Bertz CT molecular complexity index is 607. The largest absolute Gasteiger partial charge is 0.465 e. The zero-order valence-corrected chi connectivity index (χ0v) is 11.4. The molecule has 0 spiro atoms. The molecule has 2 rings (SSSR count). The van der Waals surface area contributed by atoms with Crippen molar-refractivity contribution in [2.24, 2.45) is 0 Å². The zero-order valence-electron chi connectivity index (χ0n) is 9.79. The molecule has 2 aromatic rings. The second-order valence-corrected chi connectivity index (χ2v) is 5.03. The van der Waals surface area contributed by atoms with E-state index < -0.39 is 11.8 Å². The van der Waals surface area contributed by atoms with Crippen LogP contribution in [0.2, 0.25) is 5.02 Å². The average Bonchev–Trinajstić information content (AvgIpc) is 2.73. The third-order valence-electron chi connectivity index (χ3n) is 2.54. The van der Waals surface area contributed by atoms with Gasteiger partial charge in [0.25, 0.3) is 0 Å². The maximum atomic E-state index is 13.3. The Balaban J connectivity index is 2.66. The van der Waals surface area contributed by atoms with Crippen LogP contribution in [0.3, 0.4) is 0 Å². The van der Waals surface area contributed by atoms with Gasteiger partial charge in [-0.2, -0.15) is 0 Å². The van der Waals surface area contributed by atoms with Crippen molar-refractivity contribution in [3.8, 4) is 11.1 Å². The first kappa shape index (κ1) is 13.1. The molecule has 94 valence electrons. The summed E-state index contributed by atoms with van der Waals surface area (Å²) in [5.74, 6) is -0.834. The van der Waals surface area contributed by atoms with Crippen LogP contribution in [0.1, 0.15) is 15.2 Å². The predicted molar refractivity (Wildman–Crippen MR) is 70.8 cm³/mol. The molecule has 0 N–H and O–H groups in total. The van der Waals surface area contributed by atoms with Crippen LogP contribution in [0.25, 0.3) is 11.1 Å². The zero-order chi connectivity index (χ0) is 13.3. The number of carbonyl (C=O) groups excluding carboxylic acids is 1. The van der Waals surface area contributed by atoms with E-state index in [0.29, 0.717) is 21.0 Å². The number of benzene rings is 1. The molecule has 0 atom stereocenters. The molecule has 0 aliphatic heterocycles. The van der Waals surface area contributed by atoms with Crippen molar-refractivity contribution in [2.45, 2.75) is 6.92 Å². The summed E-state index contributed by atoms with van der Waals surface area (Å²) in [6.45, 7) is 1.85. The van der Waals surface area contributed by atoms with Crippen molar-refractivity contribution < 1.29 is 13.9 Å². The first-order valence-electron chi connectivity index (χ1n) is 5.16. The summed E-state index contributed by atoms with van der Waals surface area (Å²) in [5.41, 5.74) is 2.01. The summed E-state index contributed by atoms with van der Waals surface area (Å²) in [7, 11) is 1.31. The second kappa shape index (κ2) is 5.08. The molecular formula is C13H10ClFO2S. The highest BCUT2D eigenvalue weighted by Crippen LogP contribution is 2.37. The van der Waals surface area contributed by atoms with E-state index in [1.807, 2.05) is 12.3 Å². The van der Waals surface area contributed by atoms with Gasteiger partial charge >= 0.3 is 5.97 Å². The maximum absolute atomic E-state index is 13.3. The Kier molecular flexibility index (Phi) is 3.68. The maximum Gasteiger partial charge on any atom is 0.348 e. The van der Waals surface area contributed by atoms with E-state index in [1.165, 1.54) is 36.6 Å². The summed E-state index contributed by atoms with van der Waals surface area (Å²) in [4.78, 5) is 12.1. The fourth-order valence-corrected chi connectivity index (χ4v) is 2.90. The number of halogens is 2. The minimum Gasteiger partial charge on any atom is -0.465 e. The summed E-state index contributed by atoms with van der Waals surface area (Å²) in [6.07, 6.45) is 0. The van der Waals surface area contributed by atoms with Crippen LogP contribution in [-0.4, -0.2) is 13.1 Å². The van der Waals surface area contributed by atoms with E-state index in [-0.39, 0.29) is 0 Å². The Morgan fingerprint density at radius 3 is 2.83 bits per heavy atom. The minimum absolute atomic E-state index is 0.393. The van der Waals surface area contributed by atoms with Gasteiger partial charge in [0.2, 0.25) is 0 Å². The van der Waals surface area contributed by atoms with Crippen LogP contribution in [-0.2, 0) is 4.74 Å². The van der Waals surface area contributed by atoms with E-state index in [2.05, 4.69) is 0 Å². The molecule has 0 saturated heterocycles. The molecule has 0 unspecified atom stereocenters. The first-order chi connectivity index (χ1) is 8.54. The van der Waals surface area contributed by atoms with Crippen molar-refractivity contribution in [2.75, 3.05) is 7.11 Å². The van der Waals surface area contributed by atoms with Gasteiger partial charge in [-0.1, -0.05) is 11.6 Å². The quantitative estimate of drug-likeness (QED) is 0.769. The number of hydrogen-bond acceptors (Lipinski definition) is 3. The molecule has 5 heteroatoms. The van der Waals surface area contributed by atoms with Crippen molar-refractivity contribution in [3.05, 3.63) is 44.9 Å². The lowest BCUT2D eigenvalue weighted by molar-refractivity contribution is 0.0607. The van der Waals surface area contributed by atoms with Gasteiger partial charge in [0.05, 0.1) is 7.11 Å². The third-order valence-corrected chi connectivity index (χ3v) is 3.95. The molecule has 0 fully saturated rings. The van der Waals surface area contributed by atoms with E-state index in [9.17, 15) is 9.18 Å². The highest BCUT2D eigenvalue weighted by molar-refractivity contribution is 7.12. The van der Waals surface area contributed by atoms with Gasteiger partial charge in [0, 0.05) is 16.1 Å². The molecule has 18 heavy (non-hydrogen) atoms. The number of aryl methyl sites for hydroxylation is 1. The normalized spacial score (nSPS) is 10.4. The van der Waals surface area contributed by atoms with Gasteiger partial charge in [-0.25, -0.2) is 9.18 Å². The lowest BCUT2D eigenvalue weighted by Gasteiger charge is -2.07. The van der Waals surface area contributed by atoms with Crippen LogP contribution in [0.5, 0.6) is 0 Å². The summed E-state index contributed by atoms with van der Waals surface area (Å²) in [6, 6.07) is 4.08. The highest BCUT2D eigenvalue weighted by atomic mass is 35.5. The van der Waals surface area contributed by atoms with Gasteiger partial charge in [-0.15, -0.1) is 11.3 Å².